The van der Waals surface area contributed by atoms with Crippen molar-refractivity contribution in [2.45, 2.75) is 39.0 Å². The quantitative estimate of drug-likeness (QED) is 0.783. The van der Waals surface area contributed by atoms with Gasteiger partial charge in [0.15, 0.2) is 0 Å². The molecule has 1 aromatic rings. The highest BCUT2D eigenvalue weighted by atomic mass is 16.3. The van der Waals surface area contributed by atoms with Crippen molar-refractivity contribution < 1.29 is 9.90 Å². The van der Waals surface area contributed by atoms with Crippen LogP contribution in [0.1, 0.15) is 37.3 Å². The molecule has 1 aromatic carbocycles. The molecular weight excluding hydrogens is 250 g/mol. The summed E-state index contributed by atoms with van der Waals surface area (Å²) in [5.41, 5.74) is 2.72. The lowest BCUT2D eigenvalue weighted by molar-refractivity contribution is -0.125. The van der Waals surface area contributed by atoms with Crippen LogP contribution in [-0.2, 0) is 17.6 Å². The molecule has 0 saturated carbocycles. The van der Waals surface area contributed by atoms with Crippen molar-refractivity contribution in [2.24, 2.45) is 11.8 Å². The van der Waals surface area contributed by atoms with E-state index < -0.39 is 0 Å². The van der Waals surface area contributed by atoms with E-state index in [-0.39, 0.29) is 18.4 Å². The van der Waals surface area contributed by atoms with E-state index in [1.54, 1.807) is 0 Å². The average molecular weight is 275 g/mol. The van der Waals surface area contributed by atoms with Gasteiger partial charge in [0.05, 0.1) is 0 Å². The highest BCUT2D eigenvalue weighted by Gasteiger charge is 2.23. The summed E-state index contributed by atoms with van der Waals surface area (Å²) in [5.74, 6) is 0.643. The van der Waals surface area contributed by atoms with E-state index in [1.807, 2.05) is 6.92 Å². The van der Waals surface area contributed by atoms with Gasteiger partial charge in [-0.15, -0.1) is 0 Å². The number of aliphatic hydroxyl groups excluding tert-OH is 1. The second-order valence-corrected chi connectivity index (χ2v) is 5.93. The third kappa shape index (κ3) is 4.07. The first kappa shape index (κ1) is 15.0. The van der Waals surface area contributed by atoms with Crippen LogP contribution in [0.5, 0.6) is 0 Å². The minimum absolute atomic E-state index is 0.125. The van der Waals surface area contributed by atoms with E-state index in [2.05, 4.69) is 29.6 Å². The zero-order chi connectivity index (χ0) is 14.4. The minimum Gasteiger partial charge on any atom is -0.396 e. The van der Waals surface area contributed by atoms with Gasteiger partial charge in [0, 0.05) is 19.1 Å². The fourth-order valence-corrected chi connectivity index (χ4v) is 2.82. The largest absolute Gasteiger partial charge is 0.396 e. The molecule has 2 atom stereocenters. The van der Waals surface area contributed by atoms with Crippen molar-refractivity contribution in [3.63, 3.8) is 0 Å². The second kappa shape index (κ2) is 7.44. The summed E-state index contributed by atoms with van der Waals surface area (Å²) in [4.78, 5) is 12.2. The number of carbonyl (C=O) groups is 1. The Morgan fingerprint density at radius 1 is 1.40 bits per heavy atom. The van der Waals surface area contributed by atoms with Crippen LogP contribution in [0, 0.1) is 11.8 Å². The second-order valence-electron chi connectivity index (χ2n) is 5.93. The number of hydrogen-bond acceptors (Lipinski definition) is 2. The molecule has 2 rings (SSSR count). The summed E-state index contributed by atoms with van der Waals surface area (Å²) in [6, 6.07) is 8.42. The lowest BCUT2D eigenvalue weighted by Gasteiger charge is -2.23. The summed E-state index contributed by atoms with van der Waals surface area (Å²) in [6.07, 6.45) is 4.74. The van der Waals surface area contributed by atoms with Crippen molar-refractivity contribution in [3.8, 4) is 0 Å². The fraction of sp³-hybridized carbons (Fsp3) is 0.588. The van der Waals surface area contributed by atoms with E-state index >= 15 is 0 Å². The topological polar surface area (TPSA) is 49.3 Å². The van der Waals surface area contributed by atoms with Crippen LogP contribution >= 0.6 is 0 Å². The summed E-state index contributed by atoms with van der Waals surface area (Å²) in [5, 5.41) is 12.0. The molecule has 3 nitrogen and oxygen atoms in total. The molecule has 3 heteroatoms. The number of hydrogen-bond donors (Lipinski definition) is 2. The molecule has 0 aliphatic heterocycles. The van der Waals surface area contributed by atoms with Crippen LogP contribution < -0.4 is 5.32 Å². The predicted molar refractivity (Wildman–Crippen MR) is 80.5 cm³/mol. The Labute approximate surface area is 121 Å². The summed E-state index contributed by atoms with van der Waals surface area (Å²) < 4.78 is 0. The molecule has 0 aromatic heterocycles. The Morgan fingerprint density at radius 2 is 2.15 bits per heavy atom. The van der Waals surface area contributed by atoms with Crippen LogP contribution in [0.3, 0.4) is 0 Å². The third-order valence-corrected chi connectivity index (χ3v) is 4.20. The molecule has 2 N–H and O–H groups in total. The molecule has 1 aliphatic rings. The molecule has 0 spiro atoms. The third-order valence-electron chi connectivity index (χ3n) is 4.20. The first-order valence-corrected chi connectivity index (χ1v) is 7.66. The molecule has 2 unspecified atom stereocenters. The van der Waals surface area contributed by atoms with Crippen molar-refractivity contribution in [1.82, 2.24) is 5.32 Å². The van der Waals surface area contributed by atoms with E-state index in [4.69, 9.17) is 5.11 Å². The van der Waals surface area contributed by atoms with Gasteiger partial charge in [-0.2, -0.15) is 0 Å². The van der Waals surface area contributed by atoms with E-state index in [1.165, 1.54) is 11.1 Å². The molecule has 0 radical (unpaired) electrons. The molecule has 110 valence electrons. The number of benzene rings is 1. The van der Waals surface area contributed by atoms with Crippen LogP contribution in [-0.4, -0.2) is 24.2 Å². The Hall–Kier alpha value is -1.35. The summed E-state index contributed by atoms with van der Waals surface area (Å²) in [7, 11) is 0. The predicted octanol–water partition coefficient (Wildman–Crippen LogP) is 2.32. The lowest BCUT2D eigenvalue weighted by atomic mass is 9.83. The number of amides is 1. The summed E-state index contributed by atoms with van der Waals surface area (Å²) in [6.45, 7) is 2.98. The lowest BCUT2D eigenvalue weighted by Crippen LogP contribution is -2.34. The summed E-state index contributed by atoms with van der Waals surface area (Å²) >= 11 is 0. The standard InChI is InChI=1S/C17H25NO2/c1-13(12-19)5-4-10-18-17(20)16-9-8-14-6-2-3-7-15(14)11-16/h2-3,6-7,13,16,19H,4-5,8-12H2,1H3,(H,18,20). The maximum atomic E-state index is 12.2. The fourth-order valence-electron chi connectivity index (χ4n) is 2.82. The molecule has 0 heterocycles. The highest BCUT2D eigenvalue weighted by Crippen LogP contribution is 2.25. The first-order chi connectivity index (χ1) is 9.70. The molecule has 0 fully saturated rings. The van der Waals surface area contributed by atoms with E-state index in [0.29, 0.717) is 5.92 Å². The van der Waals surface area contributed by atoms with Crippen LogP contribution in [0.25, 0.3) is 0 Å². The van der Waals surface area contributed by atoms with Crippen LogP contribution in [0.4, 0.5) is 0 Å². The highest BCUT2D eigenvalue weighted by molar-refractivity contribution is 5.79. The van der Waals surface area contributed by atoms with Gasteiger partial charge >= 0.3 is 0 Å². The van der Waals surface area contributed by atoms with Gasteiger partial charge in [0.25, 0.3) is 0 Å². The Kier molecular flexibility index (Phi) is 5.60. The van der Waals surface area contributed by atoms with E-state index in [9.17, 15) is 4.79 Å². The van der Waals surface area contributed by atoms with Gasteiger partial charge in [-0.25, -0.2) is 0 Å². The molecule has 0 saturated heterocycles. The first-order valence-electron chi connectivity index (χ1n) is 7.66. The van der Waals surface area contributed by atoms with Gasteiger partial charge < -0.3 is 10.4 Å². The van der Waals surface area contributed by atoms with Crippen molar-refractivity contribution in [2.75, 3.05) is 13.2 Å². The normalized spacial score (nSPS) is 19.2. The number of aryl methyl sites for hydroxylation is 1. The Bertz CT molecular complexity index is 444. The number of rotatable bonds is 6. The van der Waals surface area contributed by atoms with Gasteiger partial charge in [-0.05, 0) is 49.1 Å². The van der Waals surface area contributed by atoms with Gasteiger partial charge in [-0.3, -0.25) is 4.79 Å². The number of aliphatic hydroxyl groups is 1. The molecular formula is C17H25NO2. The van der Waals surface area contributed by atoms with Gasteiger partial charge in [0.2, 0.25) is 5.91 Å². The van der Waals surface area contributed by atoms with E-state index in [0.717, 1.165) is 38.6 Å². The van der Waals surface area contributed by atoms with Crippen molar-refractivity contribution in [1.29, 1.82) is 0 Å². The van der Waals surface area contributed by atoms with Gasteiger partial charge in [0.1, 0.15) is 0 Å². The zero-order valence-corrected chi connectivity index (χ0v) is 12.3. The zero-order valence-electron chi connectivity index (χ0n) is 12.3. The number of nitrogens with one attached hydrogen (secondary N) is 1. The SMILES string of the molecule is CC(CO)CCCNC(=O)C1CCc2ccccc2C1. The van der Waals surface area contributed by atoms with Gasteiger partial charge in [-0.1, -0.05) is 31.2 Å². The molecule has 20 heavy (non-hydrogen) atoms. The smallest absolute Gasteiger partial charge is 0.223 e. The Balaban J connectivity index is 1.74. The molecule has 1 amide bonds. The van der Waals surface area contributed by atoms with Crippen molar-refractivity contribution in [3.05, 3.63) is 35.4 Å². The maximum absolute atomic E-state index is 12.2. The Morgan fingerprint density at radius 3 is 2.90 bits per heavy atom. The van der Waals surface area contributed by atoms with Crippen LogP contribution in [0.15, 0.2) is 24.3 Å². The maximum Gasteiger partial charge on any atom is 0.223 e. The number of carbonyl (C=O) groups excluding carboxylic acids is 1. The molecule has 0 bridgehead atoms. The van der Waals surface area contributed by atoms with Crippen molar-refractivity contribution >= 4 is 5.91 Å². The monoisotopic (exact) mass is 275 g/mol. The minimum atomic E-state index is 0.125. The number of fused-ring (bicyclic) bond motifs is 1. The average Bonchev–Trinajstić information content (AvgIpc) is 2.50. The molecule has 1 aliphatic carbocycles. The van der Waals surface area contributed by atoms with Crippen LogP contribution in [0.2, 0.25) is 0 Å².